The molecule has 3 aliphatic rings. The van der Waals surface area contributed by atoms with Crippen molar-refractivity contribution >= 4 is 44.1 Å². The Bertz CT molecular complexity index is 1540. The van der Waals surface area contributed by atoms with Crippen molar-refractivity contribution in [3.05, 3.63) is 45.8 Å². The first-order chi connectivity index (χ1) is 20.7. The number of hydrogen-bond acceptors (Lipinski definition) is 6. The maximum absolute atomic E-state index is 13.9. The highest BCUT2D eigenvalue weighted by Gasteiger charge is 2.53. The number of carbonyl (C=O) groups is 3. The molecular weight excluding hydrogens is 597 g/mol. The van der Waals surface area contributed by atoms with Gasteiger partial charge in [-0.15, -0.1) is 11.3 Å². The molecule has 11 heteroatoms. The minimum atomic E-state index is -3.71. The fourth-order valence-corrected chi connectivity index (χ4v) is 10.8. The number of amides is 3. The Hall–Kier alpha value is -2.76. The average molecular weight is 643 g/mol. The van der Waals surface area contributed by atoms with Crippen LogP contribution in [0.4, 0.5) is 5.00 Å². The fourth-order valence-electron chi connectivity index (χ4n) is 7.78. The van der Waals surface area contributed by atoms with Gasteiger partial charge in [0, 0.05) is 49.6 Å². The van der Waals surface area contributed by atoms with Crippen LogP contribution < -0.4 is 5.32 Å². The van der Waals surface area contributed by atoms with Crippen molar-refractivity contribution < 1.29 is 22.8 Å². The van der Waals surface area contributed by atoms with E-state index in [1.54, 1.807) is 28.3 Å². The van der Waals surface area contributed by atoms with Crippen molar-refractivity contribution in [3.63, 3.8) is 0 Å². The summed E-state index contributed by atoms with van der Waals surface area (Å²) in [5, 5.41) is 3.45. The van der Waals surface area contributed by atoms with Gasteiger partial charge in [-0.2, -0.15) is 4.31 Å². The van der Waals surface area contributed by atoms with Crippen molar-refractivity contribution in [2.24, 2.45) is 10.8 Å². The van der Waals surface area contributed by atoms with Crippen LogP contribution in [0, 0.1) is 10.8 Å². The Morgan fingerprint density at radius 2 is 1.70 bits per heavy atom. The highest BCUT2D eigenvalue weighted by molar-refractivity contribution is 7.89. The quantitative estimate of drug-likeness (QED) is 0.375. The highest BCUT2D eigenvalue weighted by Crippen LogP contribution is 2.53. The zero-order valence-electron chi connectivity index (χ0n) is 26.9. The Balaban J connectivity index is 1.39. The van der Waals surface area contributed by atoms with Crippen molar-refractivity contribution in [2.75, 3.05) is 31.5 Å². The molecule has 1 saturated heterocycles. The third kappa shape index (κ3) is 6.33. The molecule has 44 heavy (non-hydrogen) atoms. The molecule has 1 aliphatic carbocycles. The van der Waals surface area contributed by atoms with Crippen LogP contribution in [-0.2, 0) is 27.8 Å². The summed E-state index contributed by atoms with van der Waals surface area (Å²) in [5.74, 6) is -0.535. The molecule has 2 atom stereocenters. The standard InChI is InChI=1S/C33H46N4O5S2/c1-7-14-35(15-8-2)31(40)28-26-13-16-36(22(3)38)19-27(26)43-30(28)34-29(39)23-9-11-25(12-10-23)44(41,42)37-21-33(6)18-24(37)17-32(4,5)20-33/h9-12,24H,7-8,13-21H2,1-6H3,(H,34,39). The van der Waals surface area contributed by atoms with E-state index < -0.39 is 15.9 Å². The number of nitrogens with zero attached hydrogens (tertiary/aromatic N) is 3. The maximum Gasteiger partial charge on any atom is 0.257 e. The number of anilines is 1. The van der Waals surface area contributed by atoms with Crippen molar-refractivity contribution in [3.8, 4) is 0 Å². The van der Waals surface area contributed by atoms with Gasteiger partial charge in [-0.25, -0.2) is 8.42 Å². The fraction of sp³-hybridized carbons (Fsp3) is 0.606. The number of rotatable bonds is 9. The van der Waals surface area contributed by atoms with E-state index in [2.05, 4.69) is 26.1 Å². The lowest BCUT2D eigenvalue weighted by atomic mass is 9.65. The number of fused-ring (bicyclic) bond motifs is 3. The van der Waals surface area contributed by atoms with Crippen molar-refractivity contribution in [1.29, 1.82) is 0 Å². The summed E-state index contributed by atoms with van der Waals surface area (Å²) in [6.07, 6.45) is 4.91. The zero-order chi connectivity index (χ0) is 32.0. The third-order valence-electron chi connectivity index (χ3n) is 9.31. The molecule has 3 heterocycles. The largest absolute Gasteiger partial charge is 0.339 e. The summed E-state index contributed by atoms with van der Waals surface area (Å²) in [5.41, 5.74) is 1.80. The Labute approximate surface area is 266 Å². The second-order valence-corrected chi connectivity index (χ2v) is 16.9. The molecule has 9 nitrogen and oxygen atoms in total. The minimum absolute atomic E-state index is 0.0172. The SMILES string of the molecule is CCCN(CCC)C(=O)c1c(NC(=O)c2ccc(S(=O)(=O)N3CC4(C)CC3CC(C)(C)C4)cc2)sc2c1CCN(C(C)=O)C2. The first kappa shape index (κ1) is 32.6. The van der Waals surface area contributed by atoms with Crippen molar-refractivity contribution in [2.45, 2.75) is 97.5 Å². The molecule has 5 rings (SSSR count). The molecular formula is C33H46N4O5S2. The van der Waals surface area contributed by atoms with Crippen LogP contribution >= 0.6 is 11.3 Å². The van der Waals surface area contributed by atoms with Crippen molar-refractivity contribution in [1.82, 2.24) is 14.1 Å². The molecule has 240 valence electrons. The van der Waals surface area contributed by atoms with E-state index >= 15 is 0 Å². The zero-order valence-corrected chi connectivity index (χ0v) is 28.5. The first-order valence-corrected chi connectivity index (χ1v) is 18.1. The first-order valence-electron chi connectivity index (χ1n) is 15.8. The summed E-state index contributed by atoms with van der Waals surface area (Å²) in [7, 11) is -3.71. The Morgan fingerprint density at radius 1 is 1.05 bits per heavy atom. The van der Waals surface area contributed by atoms with Gasteiger partial charge in [-0.3, -0.25) is 14.4 Å². The second kappa shape index (κ2) is 12.2. The summed E-state index contributed by atoms with van der Waals surface area (Å²) in [6.45, 7) is 14.9. The molecule has 0 radical (unpaired) electrons. The Morgan fingerprint density at radius 3 is 2.32 bits per heavy atom. The molecule has 0 spiro atoms. The van der Waals surface area contributed by atoms with E-state index in [9.17, 15) is 22.8 Å². The molecule has 2 fully saturated rings. The molecule has 3 amide bonds. The lowest BCUT2D eigenvalue weighted by Gasteiger charge is -2.39. The van der Waals surface area contributed by atoms with Gasteiger partial charge in [0.25, 0.3) is 11.8 Å². The number of sulfonamides is 1. The van der Waals surface area contributed by atoms with Gasteiger partial charge in [0.2, 0.25) is 15.9 Å². The van der Waals surface area contributed by atoms with E-state index in [1.807, 2.05) is 18.7 Å². The van der Waals surface area contributed by atoms with E-state index in [1.165, 1.54) is 23.5 Å². The molecule has 2 aliphatic heterocycles. The molecule has 2 aromatic rings. The molecule has 1 N–H and O–H groups in total. The number of carbonyl (C=O) groups excluding carboxylic acids is 3. The summed E-state index contributed by atoms with van der Waals surface area (Å²) in [6, 6.07) is 6.10. The lowest BCUT2D eigenvalue weighted by molar-refractivity contribution is -0.129. The monoisotopic (exact) mass is 642 g/mol. The van der Waals surface area contributed by atoms with Crippen LogP contribution in [0.1, 0.15) is 105 Å². The van der Waals surface area contributed by atoms with Gasteiger partial charge in [-0.05, 0) is 79.2 Å². The maximum atomic E-state index is 13.9. The smallest absolute Gasteiger partial charge is 0.257 e. The number of benzene rings is 1. The van der Waals surface area contributed by atoms with Gasteiger partial charge in [0.05, 0.1) is 17.0 Å². The van der Waals surface area contributed by atoms with Crippen LogP contribution in [0.5, 0.6) is 0 Å². The van der Waals surface area contributed by atoms with E-state index in [4.69, 9.17) is 0 Å². The second-order valence-electron chi connectivity index (χ2n) is 13.9. The molecule has 1 saturated carbocycles. The van der Waals surface area contributed by atoms with E-state index in [0.717, 1.165) is 42.5 Å². The topological polar surface area (TPSA) is 107 Å². The van der Waals surface area contributed by atoms with E-state index in [-0.39, 0.29) is 33.6 Å². The summed E-state index contributed by atoms with van der Waals surface area (Å²) >= 11 is 1.34. The van der Waals surface area contributed by atoms with Crippen LogP contribution in [0.25, 0.3) is 0 Å². The summed E-state index contributed by atoms with van der Waals surface area (Å²) < 4.78 is 29.1. The van der Waals surface area contributed by atoms with Gasteiger partial charge < -0.3 is 15.1 Å². The lowest BCUT2D eigenvalue weighted by Crippen LogP contribution is -2.37. The van der Waals surface area contributed by atoms with E-state index in [0.29, 0.717) is 55.3 Å². The average Bonchev–Trinajstić information content (AvgIpc) is 3.44. The van der Waals surface area contributed by atoms with Gasteiger partial charge in [0.15, 0.2) is 0 Å². The van der Waals surface area contributed by atoms with Gasteiger partial charge in [0.1, 0.15) is 5.00 Å². The highest BCUT2D eigenvalue weighted by atomic mass is 32.2. The predicted molar refractivity (Wildman–Crippen MR) is 173 cm³/mol. The van der Waals surface area contributed by atoms with Crippen LogP contribution in [0.3, 0.4) is 0 Å². The predicted octanol–water partition coefficient (Wildman–Crippen LogP) is 5.76. The van der Waals surface area contributed by atoms with Crippen LogP contribution in [0.15, 0.2) is 29.2 Å². The van der Waals surface area contributed by atoms with Crippen LogP contribution in [-0.4, -0.2) is 72.5 Å². The third-order valence-corrected chi connectivity index (χ3v) is 12.4. The normalized spacial score (nSPS) is 22.9. The van der Waals surface area contributed by atoms with Gasteiger partial charge in [-0.1, -0.05) is 34.6 Å². The molecule has 1 aromatic carbocycles. The van der Waals surface area contributed by atoms with Gasteiger partial charge >= 0.3 is 0 Å². The molecule has 2 bridgehead atoms. The summed E-state index contributed by atoms with van der Waals surface area (Å²) in [4.78, 5) is 44.2. The molecule has 1 aromatic heterocycles. The van der Waals surface area contributed by atoms with Crippen LogP contribution in [0.2, 0.25) is 0 Å². The molecule has 2 unspecified atom stereocenters. The Kier molecular flexibility index (Phi) is 9.05. The minimum Gasteiger partial charge on any atom is -0.339 e. The number of hydrogen-bond donors (Lipinski definition) is 1. The number of thiophene rings is 1. The number of nitrogens with one attached hydrogen (secondary N) is 1.